The Morgan fingerprint density at radius 3 is 2.62 bits per heavy atom. The number of nitrogens with one attached hydrogen (secondary N) is 1. The lowest BCUT2D eigenvalue weighted by atomic mass is 9.99. The first-order valence-electron chi connectivity index (χ1n) is 9.24. The van der Waals surface area contributed by atoms with E-state index in [1.165, 1.54) is 24.8 Å². The number of carbonyl (C=O) groups excluding carboxylic acids is 1. The molecule has 1 saturated heterocycles. The second-order valence-corrected chi connectivity index (χ2v) is 7.12. The van der Waals surface area contributed by atoms with Crippen LogP contribution < -0.4 is 5.32 Å². The SMILES string of the molecule is Cc1cc(C)c(NC(=O)CCCN2CCCCC2CCO)c(C)c1. The molecular formula is C20H32N2O2. The first-order chi connectivity index (χ1) is 11.5. The number of aliphatic hydroxyl groups excluding tert-OH is 1. The molecule has 1 atom stereocenters. The topological polar surface area (TPSA) is 52.6 Å². The summed E-state index contributed by atoms with van der Waals surface area (Å²) in [5, 5.41) is 12.3. The van der Waals surface area contributed by atoms with E-state index >= 15 is 0 Å². The Bertz CT molecular complexity index is 532. The first kappa shape index (κ1) is 18.9. The third-order valence-electron chi connectivity index (χ3n) is 5.00. The highest BCUT2D eigenvalue weighted by Gasteiger charge is 2.21. The number of likely N-dealkylation sites (tertiary alicyclic amines) is 1. The molecule has 1 amide bonds. The summed E-state index contributed by atoms with van der Waals surface area (Å²) < 4.78 is 0. The van der Waals surface area contributed by atoms with Crippen molar-refractivity contribution in [2.45, 2.75) is 65.3 Å². The fraction of sp³-hybridized carbons (Fsp3) is 0.650. The van der Waals surface area contributed by atoms with Crippen molar-refractivity contribution in [2.24, 2.45) is 0 Å². The van der Waals surface area contributed by atoms with E-state index < -0.39 is 0 Å². The third kappa shape index (κ3) is 5.32. The number of aliphatic hydroxyl groups is 1. The zero-order chi connectivity index (χ0) is 17.5. The second-order valence-electron chi connectivity index (χ2n) is 7.12. The molecule has 2 rings (SSSR count). The van der Waals surface area contributed by atoms with Crippen molar-refractivity contribution in [2.75, 3.05) is 25.0 Å². The van der Waals surface area contributed by atoms with Crippen molar-refractivity contribution < 1.29 is 9.90 Å². The molecule has 0 aromatic heterocycles. The zero-order valence-corrected chi connectivity index (χ0v) is 15.4. The predicted molar refractivity (Wildman–Crippen MR) is 99.4 cm³/mol. The van der Waals surface area contributed by atoms with Gasteiger partial charge in [0.25, 0.3) is 0 Å². The summed E-state index contributed by atoms with van der Waals surface area (Å²) in [6.45, 7) is 8.47. The van der Waals surface area contributed by atoms with Gasteiger partial charge in [-0.05, 0) is 70.7 Å². The molecule has 0 spiro atoms. The fourth-order valence-electron chi connectivity index (χ4n) is 3.85. The molecule has 0 aliphatic carbocycles. The van der Waals surface area contributed by atoms with Crippen LogP contribution in [-0.2, 0) is 4.79 Å². The van der Waals surface area contributed by atoms with Crippen LogP contribution in [0.2, 0.25) is 0 Å². The van der Waals surface area contributed by atoms with Crippen molar-refractivity contribution in [3.63, 3.8) is 0 Å². The van der Waals surface area contributed by atoms with Gasteiger partial charge in [0.15, 0.2) is 0 Å². The molecule has 1 aromatic rings. The van der Waals surface area contributed by atoms with Gasteiger partial charge in [-0.15, -0.1) is 0 Å². The average Bonchev–Trinajstić information content (AvgIpc) is 2.53. The standard InChI is InChI=1S/C20H32N2O2/c1-15-13-16(2)20(17(3)14-15)21-19(24)8-6-11-22-10-5-4-7-18(22)9-12-23/h13-14,18,23H,4-12H2,1-3H3,(H,21,24). The van der Waals surface area contributed by atoms with Crippen LogP contribution in [0.3, 0.4) is 0 Å². The summed E-state index contributed by atoms with van der Waals surface area (Å²) in [5.74, 6) is 0.0979. The number of carbonyl (C=O) groups is 1. The molecule has 1 aliphatic heterocycles. The molecule has 1 aliphatic rings. The molecule has 2 N–H and O–H groups in total. The molecule has 1 aromatic carbocycles. The van der Waals surface area contributed by atoms with Crippen LogP contribution in [0.5, 0.6) is 0 Å². The molecule has 24 heavy (non-hydrogen) atoms. The maximum absolute atomic E-state index is 12.3. The van der Waals surface area contributed by atoms with E-state index in [2.05, 4.69) is 29.3 Å². The molecule has 4 nitrogen and oxygen atoms in total. The van der Waals surface area contributed by atoms with Crippen molar-refractivity contribution in [1.29, 1.82) is 0 Å². The van der Waals surface area contributed by atoms with Gasteiger partial charge in [0.2, 0.25) is 5.91 Å². The van der Waals surface area contributed by atoms with E-state index in [4.69, 9.17) is 0 Å². The number of amides is 1. The van der Waals surface area contributed by atoms with Crippen LogP contribution in [-0.4, -0.2) is 41.7 Å². The van der Waals surface area contributed by atoms with Crippen molar-refractivity contribution in [1.82, 2.24) is 4.90 Å². The number of piperidine rings is 1. The minimum absolute atomic E-state index is 0.0979. The predicted octanol–water partition coefficient (Wildman–Crippen LogP) is 3.57. The molecular weight excluding hydrogens is 300 g/mol. The van der Waals surface area contributed by atoms with Crippen molar-refractivity contribution >= 4 is 11.6 Å². The van der Waals surface area contributed by atoms with Crippen LogP contribution in [0.4, 0.5) is 5.69 Å². The molecule has 1 fully saturated rings. The Hall–Kier alpha value is -1.39. The Kier molecular flexibility index (Phi) is 7.25. The van der Waals surface area contributed by atoms with Gasteiger partial charge in [-0.2, -0.15) is 0 Å². The zero-order valence-electron chi connectivity index (χ0n) is 15.4. The van der Waals surface area contributed by atoms with Crippen LogP contribution in [0.25, 0.3) is 0 Å². The largest absolute Gasteiger partial charge is 0.396 e. The van der Waals surface area contributed by atoms with Gasteiger partial charge in [-0.25, -0.2) is 0 Å². The van der Waals surface area contributed by atoms with Gasteiger partial charge in [0.1, 0.15) is 0 Å². The Morgan fingerprint density at radius 1 is 1.25 bits per heavy atom. The summed E-state index contributed by atoms with van der Waals surface area (Å²) in [4.78, 5) is 14.7. The summed E-state index contributed by atoms with van der Waals surface area (Å²) >= 11 is 0. The lowest BCUT2D eigenvalue weighted by molar-refractivity contribution is -0.116. The van der Waals surface area contributed by atoms with Crippen LogP contribution in [0, 0.1) is 20.8 Å². The number of rotatable bonds is 7. The van der Waals surface area contributed by atoms with Crippen molar-refractivity contribution in [3.05, 3.63) is 28.8 Å². The lowest BCUT2D eigenvalue weighted by Crippen LogP contribution is -2.40. The summed E-state index contributed by atoms with van der Waals surface area (Å²) in [6, 6.07) is 4.71. The van der Waals surface area contributed by atoms with Gasteiger partial charge < -0.3 is 15.3 Å². The number of aryl methyl sites for hydroxylation is 3. The van der Waals surface area contributed by atoms with E-state index in [0.29, 0.717) is 12.5 Å². The van der Waals surface area contributed by atoms with Gasteiger partial charge in [0.05, 0.1) is 0 Å². The number of hydrogen-bond acceptors (Lipinski definition) is 3. The Balaban J connectivity index is 1.81. The average molecular weight is 332 g/mol. The van der Waals surface area contributed by atoms with E-state index in [0.717, 1.165) is 42.7 Å². The number of nitrogens with zero attached hydrogens (tertiary/aromatic N) is 1. The summed E-state index contributed by atoms with van der Waals surface area (Å²) in [7, 11) is 0. The molecule has 4 heteroatoms. The Morgan fingerprint density at radius 2 is 1.96 bits per heavy atom. The minimum atomic E-state index is 0.0979. The molecule has 1 unspecified atom stereocenters. The highest BCUT2D eigenvalue weighted by Crippen LogP contribution is 2.23. The number of hydrogen-bond donors (Lipinski definition) is 2. The summed E-state index contributed by atoms with van der Waals surface area (Å²) in [5.41, 5.74) is 4.43. The smallest absolute Gasteiger partial charge is 0.224 e. The van der Waals surface area contributed by atoms with Gasteiger partial charge in [0, 0.05) is 24.8 Å². The monoisotopic (exact) mass is 332 g/mol. The van der Waals surface area contributed by atoms with E-state index in [-0.39, 0.29) is 12.5 Å². The fourth-order valence-corrected chi connectivity index (χ4v) is 3.85. The highest BCUT2D eigenvalue weighted by atomic mass is 16.3. The van der Waals surface area contributed by atoms with E-state index in [1.54, 1.807) is 0 Å². The molecule has 0 saturated carbocycles. The maximum atomic E-state index is 12.3. The Labute approximate surface area is 146 Å². The lowest BCUT2D eigenvalue weighted by Gasteiger charge is -2.35. The normalized spacial score (nSPS) is 18.6. The molecule has 134 valence electrons. The van der Waals surface area contributed by atoms with Gasteiger partial charge >= 0.3 is 0 Å². The maximum Gasteiger partial charge on any atom is 0.224 e. The minimum Gasteiger partial charge on any atom is -0.396 e. The van der Waals surface area contributed by atoms with Crippen LogP contribution in [0.1, 0.15) is 55.2 Å². The number of benzene rings is 1. The third-order valence-corrected chi connectivity index (χ3v) is 5.00. The second kappa shape index (κ2) is 9.19. The molecule has 0 radical (unpaired) electrons. The van der Waals surface area contributed by atoms with Crippen LogP contribution >= 0.6 is 0 Å². The highest BCUT2D eigenvalue weighted by molar-refractivity contribution is 5.92. The van der Waals surface area contributed by atoms with E-state index in [1.807, 2.05) is 13.8 Å². The van der Waals surface area contributed by atoms with Gasteiger partial charge in [-0.3, -0.25) is 4.79 Å². The number of anilines is 1. The van der Waals surface area contributed by atoms with Crippen molar-refractivity contribution in [3.8, 4) is 0 Å². The van der Waals surface area contributed by atoms with Crippen LogP contribution in [0.15, 0.2) is 12.1 Å². The molecule has 0 bridgehead atoms. The first-order valence-corrected chi connectivity index (χ1v) is 9.24. The summed E-state index contributed by atoms with van der Waals surface area (Å²) in [6.07, 6.45) is 5.94. The van der Waals surface area contributed by atoms with Gasteiger partial charge in [-0.1, -0.05) is 24.1 Å². The molecule has 1 heterocycles. The quantitative estimate of drug-likeness (QED) is 0.802. The van der Waals surface area contributed by atoms with E-state index in [9.17, 15) is 9.90 Å².